The Bertz CT molecular complexity index is 991. The first-order valence-electron chi connectivity index (χ1n) is 8.11. The van der Waals surface area contributed by atoms with Gasteiger partial charge < -0.3 is 9.55 Å². The van der Waals surface area contributed by atoms with Crippen molar-refractivity contribution in [1.82, 2.24) is 29.1 Å². The molecule has 1 fully saturated rings. The third kappa shape index (κ3) is 1.91. The van der Waals surface area contributed by atoms with E-state index < -0.39 is 0 Å². The largest absolute Gasteiger partial charge is 0.351 e. The van der Waals surface area contributed by atoms with E-state index in [-0.39, 0.29) is 0 Å². The predicted molar refractivity (Wildman–Crippen MR) is 87.4 cm³/mol. The second-order valence-corrected chi connectivity index (χ2v) is 6.52. The lowest BCUT2D eigenvalue weighted by atomic mass is 10.1. The van der Waals surface area contributed by atoms with E-state index in [2.05, 4.69) is 54.5 Å². The SMILES string of the molecule is Cc1ccn([C@H]2CC[C@@H](c3nnc4cnc5[nH]ccc5n34)C2)c1. The molecule has 6 heteroatoms. The number of aromatic amines is 1. The molecule has 1 aliphatic rings. The van der Waals surface area contributed by atoms with Gasteiger partial charge in [-0.25, -0.2) is 4.98 Å². The van der Waals surface area contributed by atoms with Gasteiger partial charge in [-0.3, -0.25) is 4.40 Å². The van der Waals surface area contributed by atoms with Crippen LogP contribution in [0, 0.1) is 6.92 Å². The van der Waals surface area contributed by atoms with Gasteiger partial charge in [0.25, 0.3) is 0 Å². The summed E-state index contributed by atoms with van der Waals surface area (Å²) < 4.78 is 4.51. The molecule has 23 heavy (non-hydrogen) atoms. The number of hydrogen-bond donors (Lipinski definition) is 1. The second-order valence-electron chi connectivity index (χ2n) is 6.52. The van der Waals surface area contributed by atoms with Crippen LogP contribution in [-0.2, 0) is 0 Å². The van der Waals surface area contributed by atoms with Crippen LogP contribution in [0.15, 0.2) is 36.9 Å². The Morgan fingerprint density at radius 1 is 1.22 bits per heavy atom. The molecule has 2 atom stereocenters. The van der Waals surface area contributed by atoms with Gasteiger partial charge in [-0.2, -0.15) is 0 Å². The molecule has 4 heterocycles. The monoisotopic (exact) mass is 306 g/mol. The van der Waals surface area contributed by atoms with Crippen molar-refractivity contribution in [3.63, 3.8) is 0 Å². The quantitative estimate of drug-likeness (QED) is 0.618. The smallest absolute Gasteiger partial charge is 0.179 e. The summed E-state index contributed by atoms with van der Waals surface area (Å²) in [5.41, 5.74) is 4.09. The summed E-state index contributed by atoms with van der Waals surface area (Å²) in [5, 5.41) is 8.81. The number of aryl methyl sites for hydroxylation is 1. The zero-order chi connectivity index (χ0) is 15.4. The molecule has 0 aromatic carbocycles. The number of nitrogens with one attached hydrogen (secondary N) is 1. The maximum absolute atomic E-state index is 4.49. The molecule has 0 spiro atoms. The zero-order valence-electron chi connectivity index (χ0n) is 13.0. The van der Waals surface area contributed by atoms with Crippen LogP contribution >= 0.6 is 0 Å². The number of rotatable bonds is 2. The summed E-state index contributed by atoms with van der Waals surface area (Å²) in [6.45, 7) is 2.14. The van der Waals surface area contributed by atoms with Crippen LogP contribution in [0.3, 0.4) is 0 Å². The van der Waals surface area contributed by atoms with E-state index in [1.54, 1.807) is 6.20 Å². The minimum atomic E-state index is 0.443. The Morgan fingerprint density at radius 3 is 3.04 bits per heavy atom. The molecule has 0 saturated heterocycles. The van der Waals surface area contributed by atoms with Crippen LogP contribution in [0.1, 0.15) is 42.6 Å². The topological polar surface area (TPSA) is 63.8 Å². The molecular weight excluding hydrogens is 288 g/mol. The van der Waals surface area contributed by atoms with Crippen molar-refractivity contribution in [2.75, 3.05) is 0 Å². The van der Waals surface area contributed by atoms with Gasteiger partial charge in [-0.1, -0.05) is 0 Å². The average Bonchev–Trinajstić information content (AvgIpc) is 3.31. The lowest BCUT2D eigenvalue weighted by Gasteiger charge is -2.12. The predicted octanol–water partition coefficient (Wildman–Crippen LogP) is 3.22. The number of nitrogens with zero attached hydrogens (tertiary/aromatic N) is 5. The maximum atomic E-state index is 4.49. The van der Waals surface area contributed by atoms with Gasteiger partial charge in [-0.15, -0.1) is 10.2 Å². The number of fused-ring (bicyclic) bond motifs is 3. The van der Waals surface area contributed by atoms with Gasteiger partial charge >= 0.3 is 0 Å². The summed E-state index contributed by atoms with van der Waals surface area (Å²) in [5.74, 6) is 1.51. The molecule has 5 rings (SSSR count). The van der Waals surface area contributed by atoms with Crippen LogP contribution in [-0.4, -0.2) is 29.1 Å². The van der Waals surface area contributed by atoms with E-state index in [0.29, 0.717) is 12.0 Å². The second kappa shape index (κ2) is 4.68. The molecular formula is C17H18N6. The normalized spacial score (nSPS) is 21.6. The van der Waals surface area contributed by atoms with Gasteiger partial charge in [0.15, 0.2) is 11.3 Å². The van der Waals surface area contributed by atoms with E-state index in [4.69, 9.17) is 0 Å². The van der Waals surface area contributed by atoms with Gasteiger partial charge in [0.05, 0.1) is 11.7 Å². The van der Waals surface area contributed by atoms with Crippen LogP contribution < -0.4 is 0 Å². The van der Waals surface area contributed by atoms with Crippen molar-refractivity contribution in [1.29, 1.82) is 0 Å². The molecule has 1 N–H and O–H groups in total. The highest BCUT2D eigenvalue weighted by Crippen LogP contribution is 2.40. The maximum Gasteiger partial charge on any atom is 0.179 e. The van der Waals surface area contributed by atoms with Crippen molar-refractivity contribution in [2.45, 2.75) is 38.1 Å². The van der Waals surface area contributed by atoms with Gasteiger partial charge in [0, 0.05) is 30.6 Å². The van der Waals surface area contributed by atoms with Crippen molar-refractivity contribution in [3.05, 3.63) is 48.3 Å². The van der Waals surface area contributed by atoms with Crippen molar-refractivity contribution in [2.24, 2.45) is 0 Å². The Hall–Kier alpha value is -2.63. The summed E-state index contributed by atoms with van der Waals surface area (Å²) in [6, 6.07) is 4.78. The van der Waals surface area contributed by atoms with Gasteiger partial charge in [0.1, 0.15) is 5.82 Å². The van der Waals surface area contributed by atoms with Crippen LogP contribution in [0.2, 0.25) is 0 Å². The molecule has 0 bridgehead atoms. The first kappa shape index (κ1) is 12.9. The van der Waals surface area contributed by atoms with E-state index in [1.807, 2.05) is 12.3 Å². The van der Waals surface area contributed by atoms with Crippen LogP contribution in [0.5, 0.6) is 0 Å². The third-order valence-corrected chi connectivity index (χ3v) is 5.02. The third-order valence-electron chi connectivity index (χ3n) is 5.02. The van der Waals surface area contributed by atoms with Crippen molar-refractivity contribution in [3.8, 4) is 0 Å². The summed E-state index contributed by atoms with van der Waals surface area (Å²) in [6.07, 6.45) is 11.6. The molecule has 0 unspecified atom stereocenters. The Morgan fingerprint density at radius 2 is 2.17 bits per heavy atom. The molecule has 0 radical (unpaired) electrons. The zero-order valence-corrected chi connectivity index (χ0v) is 13.0. The number of H-pyrrole nitrogens is 1. The van der Waals surface area contributed by atoms with Gasteiger partial charge in [0.2, 0.25) is 0 Å². The molecule has 4 aromatic rings. The summed E-state index contributed by atoms with van der Waals surface area (Å²) >= 11 is 0. The molecule has 116 valence electrons. The Labute approximate surface area is 133 Å². The molecule has 6 nitrogen and oxygen atoms in total. The fraction of sp³-hybridized carbons (Fsp3) is 0.353. The lowest BCUT2D eigenvalue weighted by molar-refractivity contribution is 0.508. The average molecular weight is 306 g/mol. The van der Waals surface area contributed by atoms with Crippen LogP contribution in [0.4, 0.5) is 0 Å². The molecule has 1 aliphatic carbocycles. The molecule has 4 aromatic heterocycles. The van der Waals surface area contributed by atoms with Crippen molar-refractivity contribution < 1.29 is 0 Å². The van der Waals surface area contributed by atoms with Crippen LogP contribution in [0.25, 0.3) is 16.8 Å². The van der Waals surface area contributed by atoms with E-state index in [1.165, 1.54) is 12.0 Å². The Kier molecular flexibility index (Phi) is 2.62. The molecule has 0 aliphatic heterocycles. The minimum absolute atomic E-state index is 0.443. The highest BCUT2D eigenvalue weighted by atomic mass is 15.3. The van der Waals surface area contributed by atoms with E-state index in [0.717, 1.165) is 35.5 Å². The lowest BCUT2D eigenvalue weighted by Crippen LogP contribution is -2.05. The van der Waals surface area contributed by atoms with Gasteiger partial charge in [-0.05, 0) is 43.9 Å². The summed E-state index contributed by atoms with van der Waals surface area (Å²) in [7, 11) is 0. The molecule has 1 saturated carbocycles. The number of aromatic nitrogens is 6. The van der Waals surface area contributed by atoms with E-state index in [9.17, 15) is 0 Å². The highest BCUT2D eigenvalue weighted by Gasteiger charge is 2.30. The molecule has 0 amide bonds. The van der Waals surface area contributed by atoms with Crippen molar-refractivity contribution >= 4 is 16.8 Å². The fourth-order valence-electron chi connectivity index (χ4n) is 3.88. The standard InChI is InChI=1S/C17H18N6/c1-11-5-7-22(10-11)13-3-2-12(8-13)17-21-20-15-9-19-16-14(23(15)17)4-6-18-16/h4-7,9-10,12-13,18H,2-3,8H2,1H3/t12-,13+/m1/s1. The fourth-order valence-corrected chi connectivity index (χ4v) is 3.88. The first-order chi connectivity index (χ1) is 11.3. The number of hydrogen-bond acceptors (Lipinski definition) is 3. The van der Waals surface area contributed by atoms with E-state index >= 15 is 0 Å². The highest BCUT2D eigenvalue weighted by molar-refractivity contribution is 5.74. The summed E-state index contributed by atoms with van der Waals surface area (Å²) in [4.78, 5) is 7.56. The minimum Gasteiger partial charge on any atom is -0.351 e. The first-order valence-corrected chi connectivity index (χ1v) is 8.11. The Balaban J connectivity index is 1.55.